The topological polar surface area (TPSA) is 9.23 Å². The van der Waals surface area contributed by atoms with E-state index < -0.39 is 0 Å². The Kier molecular flexibility index (Phi) is 4.52. The van der Waals surface area contributed by atoms with Gasteiger partial charge in [-0.2, -0.15) is 0 Å². The van der Waals surface area contributed by atoms with Gasteiger partial charge in [-0.3, -0.25) is 0 Å². The van der Waals surface area contributed by atoms with Gasteiger partial charge in [-0.25, -0.2) is 0 Å². The number of rotatable bonds is 6. The summed E-state index contributed by atoms with van der Waals surface area (Å²) in [5, 5.41) is 0. The quantitative estimate of drug-likeness (QED) is 0.419. The fourth-order valence-corrected chi connectivity index (χ4v) is 10.8. The third-order valence-electron chi connectivity index (χ3n) is 11.0. The van der Waals surface area contributed by atoms with Crippen molar-refractivity contribution in [2.24, 2.45) is 58.2 Å². The molecule has 8 bridgehead atoms. The van der Waals surface area contributed by atoms with Crippen molar-refractivity contribution in [1.82, 2.24) is 0 Å². The molecule has 0 spiro atoms. The van der Waals surface area contributed by atoms with Crippen LogP contribution in [0.5, 0.6) is 0 Å². The number of ether oxygens (including phenoxy) is 1. The fourth-order valence-electron chi connectivity index (χ4n) is 10.8. The van der Waals surface area contributed by atoms with Crippen molar-refractivity contribution in [3.8, 4) is 0 Å². The average Bonchev–Trinajstić information content (AvgIpc) is 2.66. The zero-order valence-corrected chi connectivity index (χ0v) is 18.8. The first kappa shape index (κ1) is 19.0. The summed E-state index contributed by atoms with van der Waals surface area (Å²) >= 11 is 0. The summed E-state index contributed by atoms with van der Waals surface area (Å²) in [7, 11) is 0. The predicted octanol–water partition coefficient (Wildman–Crippen LogP) is 7.74. The second kappa shape index (κ2) is 6.89. The van der Waals surface area contributed by atoms with E-state index in [1.54, 1.807) is 0 Å². The van der Waals surface area contributed by atoms with Crippen molar-refractivity contribution in [2.45, 2.75) is 90.9 Å². The third-order valence-corrected chi connectivity index (χ3v) is 11.0. The molecule has 0 N–H and O–H groups in total. The molecular weight excluding hydrogens is 352 g/mol. The highest BCUT2D eigenvalue weighted by Gasteiger charge is 2.56. The first-order valence-electron chi connectivity index (χ1n) is 13.1. The molecule has 1 nitrogen and oxygen atoms in total. The zero-order chi connectivity index (χ0) is 19.6. The maximum Gasteiger partial charge on any atom is 0.0867 e. The highest BCUT2D eigenvalue weighted by molar-refractivity contribution is 5.15. The van der Waals surface area contributed by atoms with Crippen molar-refractivity contribution in [2.75, 3.05) is 0 Å². The SMILES string of the molecule is CCC1C2CC3CC(C2)CC1(C=COC=CC12CC4CC(CC(C4)C1CC)C2)C3. The van der Waals surface area contributed by atoms with Gasteiger partial charge in [0.1, 0.15) is 0 Å². The lowest BCUT2D eigenvalue weighted by molar-refractivity contribution is -0.0839. The Morgan fingerprint density at radius 3 is 1.34 bits per heavy atom. The maximum absolute atomic E-state index is 6.14. The van der Waals surface area contributed by atoms with E-state index in [0.29, 0.717) is 10.8 Å². The van der Waals surface area contributed by atoms with E-state index in [9.17, 15) is 0 Å². The molecular formula is C28H42O. The van der Waals surface area contributed by atoms with Gasteiger partial charge in [-0.15, -0.1) is 0 Å². The van der Waals surface area contributed by atoms with E-state index in [1.165, 1.54) is 77.0 Å². The molecule has 8 rings (SSSR count). The van der Waals surface area contributed by atoms with Crippen LogP contribution in [0.15, 0.2) is 24.7 Å². The monoisotopic (exact) mass is 394 g/mol. The van der Waals surface area contributed by atoms with Crippen LogP contribution in [0.3, 0.4) is 0 Å². The molecule has 29 heavy (non-hydrogen) atoms. The summed E-state index contributed by atoms with van der Waals surface area (Å²) in [4.78, 5) is 0. The van der Waals surface area contributed by atoms with Gasteiger partial charge >= 0.3 is 0 Å². The molecule has 0 aromatic carbocycles. The molecule has 8 saturated carbocycles. The second-order valence-electron chi connectivity index (χ2n) is 12.5. The Labute approximate surface area is 178 Å². The van der Waals surface area contributed by atoms with E-state index in [2.05, 4.69) is 38.5 Å². The lowest BCUT2D eigenvalue weighted by atomic mass is 9.44. The number of allylic oxidation sites excluding steroid dienone is 2. The zero-order valence-electron chi connectivity index (χ0n) is 18.8. The molecule has 6 atom stereocenters. The molecule has 8 aliphatic carbocycles. The smallest absolute Gasteiger partial charge is 0.0867 e. The molecule has 8 aliphatic rings. The molecule has 8 fully saturated rings. The molecule has 0 aliphatic heterocycles. The summed E-state index contributed by atoms with van der Waals surface area (Å²) in [5.41, 5.74) is 0.925. The third kappa shape index (κ3) is 2.92. The van der Waals surface area contributed by atoms with Gasteiger partial charge in [0.15, 0.2) is 0 Å². The molecule has 0 radical (unpaired) electrons. The molecule has 0 aromatic rings. The number of hydrogen-bond donors (Lipinski definition) is 0. The summed E-state index contributed by atoms with van der Waals surface area (Å²) in [6, 6.07) is 0. The molecule has 0 amide bonds. The molecule has 0 saturated heterocycles. The van der Waals surface area contributed by atoms with E-state index in [4.69, 9.17) is 4.74 Å². The van der Waals surface area contributed by atoms with Gasteiger partial charge in [-0.1, -0.05) is 26.7 Å². The van der Waals surface area contributed by atoms with Crippen molar-refractivity contribution < 1.29 is 4.74 Å². The van der Waals surface area contributed by atoms with Crippen molar-refractivity contribution in [3.05, 3.63) is 24.7 Å². The van der Waals surface area contributed by atoms with Gasteiger partial charge in [0, 0.05) is 0 Å². The Morgan fingerprint density at radius 2 is 1.00 bits per heavy atom. The lowest BCUT2D eigenvalue weighted by Gasteiger charge is -2.60. The Hall–Kier alpha value is -0.720. The predicted molar refractivity (Wildman–Crippen MR) is 119 cm³/mol. The van der Waals surface area contributed by atoms with Crippen molar-refractivity contribution in [3.63, 3.8) is 0 Å². The lowest BCUT2D eigenvalue weighted by Crippen LogP contribution is -2.51. The van der Waals surface area contributed by atoms with Gasteiger partial charge in [-0.05, 0) is 135 Å². The highest BCUT2D eigenvalue weighted by Crippen LogP contribution is 2.65. The molecule has 0 heterocycles. The van der Waals surface area contributed by atoms with Crippen LogP contribution < -0.4 is 0 Å². The van der Waals surface area contributed by atoms with Crippen LogP contribution in [-0.4, -0.2) is 0 Å². The minimum absolute atomic E-state index is 0.462. The Morgan fingerprint density at radius 1 is 0.621 bits per heavy atom. The van der Waals surface area contributed by atoms with Gasteiger partial charge < -0.3 is 4.74 Å². The van der Waals surface area contributed by atoms with Crippen molar-refractivity contribution >= 4 is 0 Å². The fraction of sp³-hybridized carbons (Fsp3) is 0.857. The van der Waals surface area contributed by atoms with Gasteiger partial charge in [0.25, 0.3) is 0 Å². The average molecular weight is 395 g/mol. The Balaban J connectivity index is 1.16. The van der Waals surface area contributed by atoms with Crippen LogP contribution in [-0.2, 0) is 4.74 Å². The van der Waals surface area contributed by atoms with Crippen LogP contribution in [0.25, 0.3) is 0 Å². The first-order valence-corrected chi connectivity index (χ1v) is 13.1. The van der Waals surface area contributed by atoms with Gasteiger partial charge in [0.05, 0.1) is 12.5 Å². The minimum Gasteiger partial charge on any atom is -0.473 e. The first-order chi connectivity index (χ1) is 14.1. The van der Waals surface area contributed by atoms with Crippen molar-refractivity contribution in [1.29, 1.82) is 0 Å². The molecule has 1 heteroatoms. The largest absolute Gasteiger partial charge is 0.473 e. The second-order valence-corrected chi connectivity index (χ2v) is 12.5. The van der Waals surface area contributed by atoms with Crippen LogP contribution in [0, 0.1) is 58.2 Å². The molecule has 6 unspecified atom stereocenters. The highest BCUT2D eigenvalue weighted by atomic mass is 16.5. The maximum atomic E-state index is 6.14. The van der Waals surface area contributed by atoms with Crippen LogP contribution >= 0.6 is 0 Å². The van der Waals surface area contributed by atoms with Crippen LogP contribution in [0.2, 0.25) is 0 Å². The van der Waals surface area contributed by atoms with Crippen LogP contribution in [0.4, 0.5) is 0 Å². The number of hydrogen-bond acceptors (Lipinski definition) is 1. The van der Waals surface area contributed by atoms with E-state index in [1.807, 2.05) is 0 Å². The normalized spacial score (nSPS) is 54.8. The standard InChI is InChI=1S/C28H42O/c1-3-25-23-11-19-9-20(12-23)16-27(25,15-19)5-7-29-8-6-28-17-21-10-22(18-28)14-24(13-21)26(28)4-2/h5-8,19-26H,3-4,9-18H2,1-2H3. The van der Waals surface area contributed by atoms with E-state index in [0.717, 1.165) is 47.3 Å². The van der Waals surface area contributed by atoms with E-state index in [-0.39, 0.29) is 0 Å². The summed E-state index contributed by atoms with van der Waals surface area (Å²) in [6.45, 7) is 4.86. The summed E-state index contributed by atoms with van der Waals surface area (Å²) in [6.07, 6.45) is 26.9. The molecule has 160 valence electrons. The van der Waals surface area contributed by atoms with Crippen LogP contribution in [0.1, 0.15) is 90.9 Å². The summed E-state index contributed by atoms with van der Waals surface area (Å²) in [5.74, 6) is 7.85. The minimum atomic E-state index is 0.462. The van der Waals surface area contributed by atoms with E-state index >= 15 is 0 Å². The van der Waals surface area contributed by atoms with Gasteiger partial charge in [0.2, 0.25) is 0 Å². The summed E-state index contributed by atoms with van der Waals surface area (Å²) < 4.78 is 6.14. The Bertz CT molecular complexity index is 602. The molecule has 0 aromatic heterocycles.